The first kappa shape index (κ1) is 9.72. The molecule has 0 radical (unpaired) electrons. The molecule has 76 valence electrons. The van der Waals surface area contributed by atoms with E-state index in [4.69, 9.17) is 0 Å². The van der Waals surface area contributed by atoms with Gasteiger partial charge in [0, 0.05) is 6.61 Å². The summed E-state index contributed by atoms with van der Waals surface area (Å²) in [7, 11) is 0. The van der Waals surface area contributed by atoms with E-state index >= 15 is 0 Å². The molecular formula is C13H18O. The maximum atomic E-state index is 9.37. The zero-order valence-electron chi connectivity index (χ0n) is 9.01. The van der Waals surface area contributed by atoms with Gasteiger partial charge in [-0.25, -0.2) is 0 Å². The summed E-state index contributed by atoms with van der Waals surface area (Å²) in [5.41, 5.74) is 4.44. The van der Waals surface area contributed by atoms with Gasteiger partial charge in [-0.1, -0.05) is 25.1 Å². The highest BCUT2D eigenvalue weighted by atomic mass is 16.3. The first-order chi connectivity index (χ1) is 6.64. The number of aliphatic hydroxyl groups is 1. The van der Waals surface area contributed by atoms with Crippen LogP contribution in [0.1, 0.15) is 30.0 Å². The second-order valence-corrected chi connectivity index (χ2v) is 4.86. The summed E-state index contributed by atoms with van der Waals surface area (Å²) in [4.78, 5) is 0. The molecule has 0 amide bonds. The zero-order valence-corrected chi connectivity index (χ0v) is 9.01. The molecule has 1 unspecified atom stereocenters. The van der Waals surface area contributed by atoms with Gasteiger partial charge in [-0.05, 0) is 48.3 Å². The van der Waals surface area contributed by atoms with E-state index in [9.17, 15) is 5.11 Å². The zero-order chi connectivity index (χ0) is 10.2. The van der Waals surface area contributed by atoms with Crippen LogP contribution in [0.3, 0.4) is 0 Å². The van der Waals surface area contributed by atoms with Gasteiger partial charge in [0.2, 0.25) is 0 Å². The molecule has 2 rings (SSSR count). The minimum atomic E-state index is 0.110. The predicted octanol–water partition coefficient (Wildman–Crippen LogP) is 2.48. The summed E-state index contributed by atoms with van der Waals surface area (Å²) in [5.74, 6) is 0. The summed E-state index contributed by atoms with van der Waals surface area (Å²) < 4.78 is 0. The smallest absolute Gasteiger partial charge is 0.0488 e. The third-order valence-corrected chi connectivity index (χ3v) is 3.49. The van der Waals surface area contributed by atoms with Crippen molar-refractivity contribution < 1.29 is 5.11 Å². The molecule has 1 aromatic carbocycles. The lowest BCUT2D eigenvalue weighted by molar-refractivity contribution is 0.126. The third kappa shape index (κ3) is 1.57. The van der Waals surface area contributed by atoms with Crippen molar-refractivity contribution in [3.05, 3.63) is 34.9 Å². The first-order valence-corrected chi connectivity index (χ1v) is 5.33. The van der Waals surface area contributed by atoms with Crippen LogP contribution in [0, 0.1) is 12.3 Å². The van der Waals surface area contributed by atoms with Crippen molar-refractivity contribution >= 4 is 0 Å². The van der Waals surface area contributed by atoms with Gasteiger partial charge in [-0.15, -0.1) is 0 Å². The molecule has 0 aliphatic heterocycles. The molecule has 1 aromatic rings. The van der Waals surface area contributed by atoms with E-state index in [2.05, 4.69) is 32.0 Å². The van der Waals surface area contributed by atoms with E-state index in [0.29, 0.717) is 6.61 Å². The number of aryl methyl sites for hydroxylation is 2. The molecule has 1 N–H and O–H groups in total. The molecule has 0 bridgehead atoms. The molecule has 1 aliphatic carbocycles. The Hall–Kier alpha value is -0.820. The van der Waals surface area contributed by atoms with Gasteiger partial charge >= 0.3 is 0 Å². The summed E-state index contributed by atoms with van der Waals surface area (Å²) in [6.45, 7) is 4.66. The van der Waals surface area contributed by atoms with Crippen LogP contribution in [0.15, 0.2) is 18.2 Å². The van der Waals surface area contributed by atoms with Crippen LogP contribution in [0.5, 0.6) is 0 Å². The van der Waals surface area contributed by atoms with Crippen molar-refractivity contribution in [2.75, 3.05) is 6.61 Å². The van der Waals surface area contributed by atoms with Crippen molar-refractivity contribution in [2.24, 2.45) is 5.41 Å². The van der Waals surface area contributed by atoms with Crippen LogP contribution in [0.25, 0.3) is 0 Å². The number of benzene rings is 1. The fraction of sp³-hybridized carbons (Fsp3) is 0.538. The molecule has 1 aliphatic rings. The van der Waals surface area contributed by atoms with Gasteiger partial charge in [0.05, 0.1) is 0 Å². The molecule has 0 saturated carbocycles. The Labute approximate surface area is 85.8 Å². The topological polar surface area (TPSA) is 20.2 Å². The molecule has 0 spiro atoms. The van der Waals surface area contributed by atoms with E-state index < -0.39 is 0 Å². The monoisotopic (exact) mass is 190 g/mol. The average Bonchev–Trinajstić information content (AvgIpc) is 2.20. The van der Waals surface area contributed by atoms with Crippen molar-refractivity contribution in [1.29, 1.82) is 0 Å². The second kappa shape index (κ2) is 3.39. The predicted molar refractivity (Wildman–Crippen MR) is 58.4 cm³/mol. The summed E-state index contributed by atoms with van der Waals surface area (Å²) in [6.07, 6.45) is 3.26. The summed E-state index contributed by atoms with van der Waals surface area (Å²) in [5, 5.41) is 9.37. The van der Waals surface area contributed by atoms with E-state index in [0.717, 1.165) is 19.3 Å². The van der Waals surface area contributed by atoms with Gasteiger partial charge < -0.3 is 5.11 Å². The van der Waals surface area contributed by atoms with E-state index in [-0.39, 0.29) is 5.41 Å². The molecule has 0 aromatic heterocycles. The van der Waals surface area contributed by atoms with E-state index in [1.807, 2.05) is 0 Å². The standard InChI is InChI=1S/C13H18O/c1-10-4-3-5-11-6-7-13(2,9-14)8-12(10)11/h3-5,14H,6-9H2,1-2H3. The fourth-order valence-corrected chi connectivity index (χ4v) is 2.34. The van der Waals surface area contributed by atoms with Crippen LogP contribution in [-0.2, 0) is 12.8 Å². The van der Waals surface area contributed by atoms with Crippen LogP contribution < -0.4 is 0 Å². The average molecular weight is 190 g/mol. The number of fused-ring (bicyclic) bond motifs is 1. The number of rotatable bonds is 1. The first-order valence-electron chi connectivity index (χ1n) is 5.33. The number of aliphatic hydroxyl groups excluding tert-OH is 1. The Morgan fingerprint density at radius 2 is 2.21 bits per heavy atom. The van der Waals surface area contributed by atoms with Crippen molar-refractivity contribution in [1.82, 2.24) is 0 Å². The summed E-state index contributed by atoms with van der Waals surface area (Å²) >= 11 is 0. The second-order valence-electron chi connectivity index (χ2n) is 4.86. The molecular weight excluding hydrogens is 172 g/mol. The maximum Gasteiger partial charge on any atom is 0.0488 e. The van der Waals surface area contributed by atoms with Gasteiger partial charge in [0.1, 0.15) is 0 Å². The number of hydrogen-bond acceptors (Lipinski definition) is 1. The molecule has 1 nitrogen and oxygen atoms in total. The lowest BCUT2D eigenvalue weighted by Crippen LogP contribution is -2.29. The molecule has 0 fully saturated rings. The maximum absolute atomic E-state index is 9.37. The lowest BCUT2D eigenvalue weighted by Gasteiger charge is -2.34. The quantitative estimate of drug-likeness (QED) is 0.721. The minimum Gasteiger partial charge on any atom is -0.396 e. The highest BCUT2D eigenvalue weighted by Gasteiger charge is 2.29. The van der Waals surface area contributed by atoms with Crippen LogP contribution in [0.2, 0.25) is 0 Å². The third-order valence-electron chi connectivity index (χ3n) is 3.49. The molecule has 1 atom stereocenters. The Kier molecular flexibility index (Phi) is 2.36. The number of hydrogen-bond donors (Lipinski definition) is 1. The molecule has 14 heavy (non-hydrogen) atoms. The van der Waals surface area contributed by atoms with Gasteiger partial charge in [0.15, 0.2) is 0 Å². The van der Waals surface area contributed by atoms with E-state index in [1.54, 1.807) is 0 Å². The Balaban J connectivity index is 2.38. The summed E-state index contributed by atoms with van der Waals surface area (Å²) in [6, 6.07) is 6.52. The van der Waals surface area contributed by atoms with Crippen LogP contribution >= 0.6 is 0 Å². The van der Waals surface area contributed by atoms with Crippen molar-refractivity contribution in [3.63, 3.8) is 0 Å². The Bertz CT molecular complexity index is 343. The highest BCUT2D eigenvalue weighted by molar-refractivity contribution is 5.37. The molecule has 0 heterocycles. The molecule has 0 saturated heterocycles. The van der Waals surface area contributed by atoms with Crippen LogP contribution in [0.4, 0.5) is 0 Å². The lowest BCUT2D eigenvalue weighted by atomic mass is 9.72. The van der Waals surface area contributed by atoms with E-state index in [1.165, 1.54) is 16.7 Å². The van der Waals surface area contributed by atoms with Crippen molar-refractivity contribution in [2.45, 2.75) is 33.1 Å². The largest absolute Gasteiger partial charge is 0.396 e. The highest BCUT2D eigenvalue weighted by Crippen LogP contribution is 2.35. The Morgan fingerprint density at radius 3 is 2.93 bits per heavy atom. The SMILES string of the molecule is Cc1cccc2c1CC(C)(CO)CC2. The van der Waals surface area contributed by atoms with Gasteiger partial charge in [0.25, 0.3) is 0 Å². The fourth-order valence-electron chi connectivity index (χ4n) is 2.34. The van der Waals surface area contributed by atoms with Crippen molar-refractivity contribution in [3.8, 4) is 0 Å². The molecule has 1 heteroatoms. The van der Waals surface area contributed by atoms with Gasteiger partial charge in [-0.2, -0.15) is 0 Å². The van der Waals surface area contributed by atoms with Crippen LogP contribution in [-0.4, -0.2) is 11.7 Å². The minimum absolute atomic E-state index is 0.110. The normalized spacial score (nSPS) is 25.9. The van der Waals surface area contributed by atoms with Gasteiger partial charge in [-0.3, -0.25) is 0 Å². The Morgan fingerprint density at radius 1 is 1.43 bits per heavy atom.